The summed E-state index contributed by atoms with van der Waals surface area (Å²) in [6.45, 7) is 0. The van der Waals surface area contributed by atoms with E-state index in [1.807, 2.05) is 18.2 Å². The fourth-order valence-electron chi connectivity index (χ4n) is 2.74. The Labute approximate surface area is 153 Å². The highest BCUT2D eigenvalue weighted by Crippen LogP contribution is 2.36. The summed E-state index contributed by atoms with van der Waals surface area (Å²) in [5.74, 6) is 0.249. The Morgan fingerprint density at radius 3 is 2.42 bits per heavy atom. The number of fused-ring (bicyclic) bond motifs is 1. The van der Waals surface area contributed by atoms with E-state index in [0.29, 0.717) is 15.8 Å². The van der Waals surface area contributed by atoms with E-state index >= 15 is 0 Å². The number of hydrogen-bond donors (Lipinski definition) is 0. The second-order valence-corrected chi connectivity index (χ2v) is 8.83. The minimum atomic E-state index is -3.29. The molecule has 0 radical (unpaired) electrons. The Morgan fingerprint density at radius 2 is 1.77 bits per heavy atom. The number of aromatic nitrogens is 1. The van der Waals surface area contributed by atoms with E-state index in [0.717, 1.165) is 16.5 Å². The van der Waals surface area contributed by atoms with Gasteiger partial charge in [-0.1, -0.05) is 24.3 Å². The summed E-state index contributed by atoms with van der Waals surface area (Å²) in [7, 11) is -3.29. The molecule has 0 atom stereocenters. The summed E-state index contributed by atoms with van der Waals surface area (Å²) < 4.78 is 29.6. The number of rotatable bonds is 3. The van der Waals surface area contributed by atoms with Crippen molar-refractivity contribution in [3.63, 3.8) is 0 Å². The van der Waals surface area contributed by atoms with Crippen LogP contribution in [0.15, 0.2) is 75.1 Å². The molecule has 0 saturated heterocycles. The van der Waals surface area contributed by atoms with Gasteiger partial charge in [-0.25, -0.2) is 13.4 Å². The first kappa shape index (κ1) is 16.7. The lowest BCUT2D eigenvalue weighted by atomic mass is 10.1. The highest BCUT2D eigenvalue weighted by atomic mass is 32.2. The molecule has 7 heteroatoms. The fourth-order valence-corrected chi connectivity index (χ4v) is 4.54. The van der Waals surface area contributed by atoms with Gasteiger partial charge in [0, 0.05) is 16.3 Å². The monoisotopic (exact) mass is 383 g/mol. The molecular formula is C19H13NO4S2. The average Bonchev–Trinajstić information content (AvgIpc) is 3.15. The molecule has 2 aromatic heterocycles. The van der Waals surface area contributed by atoms with Gasteiger partial charge in [-0.15, -0.1) is 11.3 Å². The van der Waals surface area contributed by atoms with Crippen LogP contribution in [0.2, 0.25) is 0 Å². The maximum absolute atomic E-state index is 13.1. The molecule has 2 heterocycles. The molecule has 0 saturated carbocycles. The topological polar surface area (TPSA) is 77.2 Å². The molecule has 0 aliphatic carbocycles. The zero-order valence-corrected chi connectivity index (χ0v) is 15.3. The van der Waals surface area contributed by atoms with E-state index in [4.69, 9.17) is 4.42 Å². The average molecular weight is 383 g/mol. The van der Waals surface area contributed by atoms with E-state index in [2.05, 4.69) is 4.98 Å². The summed E-state index contributed by atoms with van der Waals surface area (Å²) in [5.41, 5.74) is 0.952. The van der Waals surface area contributed by atoms with Crippen LogP contribution in [-0.4, -0.2) is 19.7 Å². The van der Waals surface area contributed by atoms with Crippen molar-refractivity contribution in [1.29, 1.82) is 0 Å². The Hall–Kier alpha value is -2.77. The number of benzene rings is 2. The Bertz CT molecular complexity index is 1260. The van der Waals surface area contributed by atoms with Crippen molar-refractivity contribution in [1.82, 2.24) is 4.98 Å². The number of oxazole rings is 1. The minimum absolute atomic E-state index is 0.163. The zero-order chi connectivity index (χ0) is 18.3. The molecule has 0 amide bonds. The Kier molecular flexibility index (Phi) is 3.97. The lowest BCUT2D eigenvalue weighted by molar-refractivity contribution is 0.574. The molecule has 0 bridgehead atoms. The highest BCUT2D eigenvalue weighted by Gasteiger charge is 2.19. The van der Waals surface area contributed by atoms with Crippen LogP contribution < -0.4 is 5.43 Å². The molecule has 130 valence electrons. The largest absolute Gasteiger partial charge is 0.444 e. The van der Waals surface area contributed by atoms with Gasteiger partial charge in [0.05, 0.1) is 16.0 Å². The summed E-state index contributed by atoms with van der Waals surface area (Å²) in [4.78, 5) is 18.1. The van der Waals surface area contributed by atoms with Crippen LogP contribution in [0.1, 0.15) is 0 Å². The molecule has 0 N–H and O–H groups in total. The zero-order valence-electron chi connectivity index (χ0n) is 13.7. The molecular weight excluding hydrogens is 370 g/mol. The van der Waals surface area contributed by atoms with Gasteiger partial charge in [0.15, 0.2) is 9.84 Å². The smallest absolute Gasteiger partial charge is 0.231 e. The highest BCUT2D eigenvalue weighted by molar-refractivity contribution is 7.90. The third kappa shape index (κ3) is 2.85. The van der Waals surface area contributed by atoms with Crippen molar-refractivity contribution >= 4 is 31.3 Å². The first-order valence-electron chi connectivity index (χ1n) is 7.71. The molecule has 0 fully saturated rings. The molecule has 4 aromatic rings. The van der Waals surface area contributed by atoms with Crippen molar-refractivity contribution in [3.05, 3.63) is 71.2 Å². The van der Waals surface area contributed by atoms with Gasteiger partial charge in [-0.3, -0.25) is 4.79 Å². The van der Waals surface area contributed by atoms with Crippen molar-refractivity contribution < 1.29 is 12.8 Å². The molecule has 0 aliphatic heterocycles. The molecule has 2 aromatic carbocycles. The van der Waals surface area contributed by atoms with Crippen LogP contribution >= 0.6 is 11.3 Å². The van der Waals surface area contributed by atoms with Crippen LogP contribution in [-0.2, 0) is 9.84 Å². The first-order chi connectivity index (χ1) is 12.4. The summed E-state index contributed by atoms with van der Waals surface area (Å²) in [6, 6.07) is 13.8. The third-order valence-electron chi connectivity index (χ3n) is 3.99. The quantitative estimate of drug-likeness (QED) is 0.535. The van der Waals surface area contributed by atoms with Crippen LogP contribution in [0.25, 0.3) is 32.0 Å². The van der Waals surface area contributed by atoms with Crippen molar-refractivity contribution in [2.24, 2.45) is 0 Å². The van der Waals surface area contributed by atoms with Gasteiger partial charge < -0.3 is 4.42 Å². The van der Waals surface area contributed by atoms with Gasteiger partial charge in [0.25, 0.3) is 0 Å². The molecule has 0 unspecified atom stereocenters. The van der Waals surface area contributed by atoms with Crippen LogP contribution in [0.4, 0.5) is 0 Å². The summed E-state index contributed by atoms with van der Waals surface area (Å²) in [6.07, 6.45) is 4.07. The predicted molar refractivity (Wildman–Crippen MR) is 102 cm³/mol. The Balaban J connectivity index is 2.03. The van der Waals surface area contributed by atoms with Crippen molar-refractivity contribution in [3.8, 4) is 21.9 Å². The normalized spacial score (nSPS) is 11.7. The fraction of sp³-hybridized carbons (Fsp3) is 0.0526. The molecule has 26 heavy (non-hydrogen) atoms. The van der Waals surface area contributed by atoms with Gasteiger partial charge in [0.1, 0.15) is 11.8 Å². The van der Waals surface area contributed by atoms with Gasteiger partial charge in [-0.2, -0.15) is 0 Å². The van der Waals surface area contributed by atoms with Crippen LogP contribution in [0.3, 0.4) is 0 Å². The van der Waals surface area contributed by atoms with Gasteiger partial charge in [0.2, 0.25) is 11.3 Å². The van der Waals surface area contributed by atoms with E-state index < -0.39 is 9.84 Å². The van der Waals surface area contributed by atoms with Gasteiger partial charge in [-0.05, 0) is 29.8 Å². The lowest BCUT2D eigenvalue weighted by Gasteiger charge is -2.09. The van der Waals surface area contributed by atoms with Crippen molar-refractivity contribution in [2.75, 3.05) is 6.26 Å². The second-order valence-electron chi connectivity index (χ2n) is 5.77. The molecule has 0 aliphatic rings. The van der Waals surface area contributed by atoms with E-state index in [1.165, 1.54) is 35.9 Å². The lowest BCUT2D eigenvalue weighted by Crippen LogP contribution is -2.06. The number of hydrogen-bond acceptors (Lipinski definition) is 6. The standard InChI is InChI=1S/C19H13NO4S2/c1-26(22,23)13-8-6-12(7-9-13)18-16(19-20-10-11-24-19)17(21)14-4-2-3-5-15(14)25-18/h2-11H,1H3. The minimum Gasteiger partial charge on any atom is -0.444 e. The van der Waals surface area contributed by atoms with E-state index in [-0.39, 0.29) is 16.2 Å². The van der Waals surface area contributed by atoms with Crippen LogP contribution in [0, 0.1) is 0 Å². The molecule has 4 rings (SSSR count). The number of sulfone groups is 1. The predicted octanol–water partition coefficient (Wildman–Crippen LogP) is 3.99. The van der Waals surface area contributed by atoms with Gasteiger partial charge >= 0.3 is 0 Å². The third-order valence-corrected chi connectivity index (χ3v) is 6.34. The number of nitrogens with zero attached hydrogens (tertiary/aromatic N) is 1. The van der Waals surface area contributed by atoms with E-state index in [9.17, 15) is 13.2 Å². The SMILES string of the molecule is CS(=O)(=O)c1ccc(-c2sc3ccccc3c(=O)c2-c2ncco2)cc1. The summed E-state index contributed by atoms with van der Waals surface area (Å²) in [5, 5.41) is 0.599. The maximum atomic E-state index is 13.1. The van der Waals surface area contributed by atoms with E-state index in [1.54, 1.807) is 18.2 Å². The van der Waals surface area contributed by atoms with Crippen molar-refractivity contribution in [2.45, 2.75) is 4.90 Å². The molecule has 5 nitrogen and oxygen atoms in total. The maximum Gasteiger partial charge on any atom is 0.231 e. The molecule has 0 spiro atoms. The Morgan fingerprint density at radius 1 is 1.04 bits per heavy atom. The first-order valence-corrected chi connectivity index (χ1v) is 10.4. The summed E-state index contributed by atoms with van der Waals surface area (Å²) >= 11 is 1.44. The van der Waals surface area contributed by atoms with Crippen LogP contribution in [0.5, 0.6) is 0 Å². The second kappa shape index (κ2) is 6.19.